The summed E-state index contributed by atoms with van der Waals surface area (Å²) in [4.78, 5) is 16.3. The first-order chi connectivity index (χ1) is 12.1. The second-order valence-corrected chi connectivity index (χ2v) is 7.65. The van der Waals surface area contributed by atoms with Gasteiger partial charge in [0.2, 0.25) is 0 Å². The van der Waals surface area contributed by atoms with Crippen molar-refractivity contribution >= 4 is 17.2 Å². The van der Waals surface area contributed by atoms with E-state index in [1.54, 1.807) is 11.3 Å². The Bertz CT molecular complexity index is 662. The second-order valence-electron chi connectivity index (χ2n) is 6.68. The molecule has 0 radical (unpaired) electrons. The minimum absolute atomic E-state index is 0.0307. The van der Waals surface area contributed by atoms with Gasteiger partial charge in [0.25, 0.3) is 5.91 Å². The molecule has 1 aromatic carbocycles. The molecule has 1 saturated heterocycles. The van der Waals surface area contributed by atoms with E-state index in [0.29, 0.717) is 12.1 Å². The van der Waals surface area contributed by atoms with Crippen molar-refractivity contribution < 1.29 is 9.53 Å². The van der Waals surface area contributed by atoms with Crippen molar-refractivity contribution in [1.82, 2.24) is 10.2 Å². The van der Waals surface area contributed by atoms with Gasteiger partial charge < -0.3 is 10.1 Å². The SMILES string of the molecule is CC(C)Oc1ccc(C(=O)NCC(c2cccs2)N2CCCC2)cc1. The summed E-state index contributed by atoms with van der Waals surface area (Å²) in [6.07, 6.45) is 2.62. The zero-order valence-corrected chi connectivity index (χ0v) is 15.7. The normalized spacial score (nSPS) is 16.1. The molecule has 0 bridgehead atoms. The molecule has 0 aliphatic carbocycles. The quantitative estimate of drug-likeness (QED) is 0.810. The Morgan fingerprint density at radius 1 is 1.20 bits per heavy atom. The van der Waals surface area contributed by atoms with Crippen LogP contribution in [0.15, 0.2) is 41.8 Å². The number of hydrogen-bond donors (Lipinski definition) is 1. The lowest BCUT2D eigenvalue weighted by atomic mass is 10.1. The van der Waals surface area contributed by atoms with E-state index in [-0.39, 0.29) is 18.1 Å². The van der Waals surface area contributed by atoms with E-state index >= 15 is 0 Å². The van der Waals surface area contributed by atoms with Crippen LogP contribution >= 0.6 is 11.3 Å². The zero-order chi connectivity index (χ0) is 17.6. The summed E-state index contributed by atoms with van der Waals surface area (Å²) in [6.45, 7) is 6.84. The monoisotopic (exact) mass is 358 g/mol. The summed E-state index contributed by atoms with van der Waals surface area (Å²) in [6, 6.07) is 11.9. The first-order valence-corrected chi connectivity index (χ1v) is 9.84. The van der Waals surface area contributed by atoms with Crippen LogP contribution in [0.2, 0.25) is 0 Å². The third-order valence-corrected chi connectivity index (χ3v) is 5.37. The maximum atomic E-state index is 12.5. The number of rotatable bonds is 7. The van der Waals surface area contributed by atoms with Gasteiger partial charge in [-0.25, -0.2) is 0 Å². The number of likely N-dealkylation sites (tertiary alicyclic amines) is 1. The summed E-state index contributed by atoms with van der Waals surface area (Å²) in [5, 5.41) is 5.21. The average Bonchev–Trinajstić information content (AvgIpc) is 3.29. The molecule has 1 unspecified atom stereocenters. The highest BCUT2D eigenvalue weighted by molar-refractivity contribution is 7.10. The molecule has 2 heterocycles. The highest BCUT2D eigenvalue weighted by Crippen LogP contribution is 2.28. The molecular formula is C20H26N2O2S. The van der Waals surface area contributed by atoms with Gasteiger partial charge in [0.05, 0.1) is 12.1 Å². The Hall–Kier alpha value is -1.85. The summed E-state index contributed by atoms with van der Waals surface area (Å²) in [5.41, 5.74) is 0.669. The molecule has 0 saturated carbocycles. The fourth-order valence-corrected chi connectivity index (χ4v) is 4.05. The third-order valence-electron chi connectivity index (χ3n) is 4.40. The second kappa shape index (κ2) is 8.50. The van der Waals surface area contributed by atoms with Crippen LogP contribution < -0.4 is 10.1 Å². The molecule has 1 aliphatic heterocycles. The van der Waals surface area contributed by atoms with Crippen LogP contribution in [0.4, 0.5) is 0 Å². The van der Waals surface area contributed by atoms with Gasteiger partial charge in [-0.2, -0.15) is 0 Å². The Labute approximate surface area is 153 Å². The van der Waals surface area contributed by atoms with Gasteiger partial charge in [0, 0.05) is 17.0 Å². The van der Waals surface area contributed by atoms with Crippen LogP contribution in [0.5, 0.6) is 5.75 Å². The molecule has 3 rings (SSSR count). The summed E-state index contributed by atoms with van der Waals surface area (Å²) < 4.78 is 5.63. The number of nitrogens with one attached hydrogen (secondary N) is 1. The molecule has 2 aromatic rings. The molecule has 1 amide bonds. The third kappa shape index (κ3) is 4.83. The Kier molecular flexibility index (Phi) is 6.10. The van der Waals surface area contributed by atoms with Crippen molar-refractivity contribution in [2.24, 2.45) is 0 Å². The minimum Gasteiger partial charge on any atom is -0.491 e. The zero-order valence-electron chi connectivity index (χ0n) is 14.9. The molecule has 134 valence electrons. The molecule has 1 aromatic heterocycles. The van der Waals surface area contributed by atoms with Gasteiger partial charge in [-0.1, -0.05) is 6.07 Å². The van der Waals surface area contributed by atoms with E-state index in [2.05, 4.69) is 27.7 Å². The lowest BCUT2D eigenvalue weighted by Gasteiger charge is -2.27. The van der Waals surface area contributed by atoms with Crippen LogP contribution in [0.1, 0.15) is 48.0 Å². The molecule has 1 N–H and O–H groups in total. The largest absolute Gasteiger partial charge is 0.491 e. The van der Waals surface area contributed by atoms with Crippen molar-refractivity contribution in [2.45, 2.75) is 38.8 Å². The predicted octanol–water partition coefficient (Wildman–Crippen LogP) is 4.10. The van der Waals surface area contributed by atoms with E-state index in [4.69, 9.17) is 4.74 Å². The van der Waals surface area contributed by atoms with Gasteiger partial charge in [-0.3, -0.25) is 9.69 Å². The molecule has 25 heavy (non-hydrogen) atoms. The van der Waals surface area contributed by atoms with Crippen molar-refractivity contribution in [3.8, 4) is 5.75 Å². The van der Waals surface area contributed by atoms with E-state index in [1.165, 1.54) is 17.7 Å². The van der Waals surface area contributed by atoms with Crippen molar-refractivity contribution in [3.63, 3.8) is 0 Å². The fourth-order valence-electron chi connectivity index (χ4n) is 3.19. The van der Waals surface area contributed by atoms with Crippen molar-refractivity contribution in [2.75, 3.05) is 19.6 Å². The number of carbonyl (C=O) groups is 1. The Balaban J connectivity index is 1.61. The van der Waals surface area contributed by atoms with Gasteiger partial charge >= 0.3 is 0 Å². The molecule has 1 fully saturated rings. The molecule has 0 spiro atoms. The predicted molar refractivity (Wildman–Crippen MR) is 102 cm³/mol. The van der Waals surface area contributed by atoms with Crippen LogP contribution in [0, 0.1) is 0 Å². The first-order valence-electron chi connectivity index (χ1n) is 8.96. The highest BCUT2D eigenvalue weighted by Gasteiger charge is 2.24. The van der Waals surface area contributed by atoms with Crippen LogP contribution in [-0.2, 0) is 0 Å². The summed E-state index contributed by atoms with van der Waals surface area (Å²) in [5.74, 6) is 0.761. The highest BCUT2D eigenvalue weighted by atomic mass is 32.1. The lowest BCUT2D eigenvalue weighted by molar-refractivity contribution is 0.0938. The van der Waals surface area contributed by atoms with Crippen LogP contribution in [-0.4, -0.2) is 36.5 Å². The van der Waals surface area contributed by atoms with Gasteiger partial charge in [-0.15, -0.1) is 11.3 Å². The molecule has 1 atom stereocenters. The number of benzene rings is 1. The fraction of sp³-hybridized carbons (Fsp3) is 0.450. The molecular weight excluding hydrogens is 332 g/mol. The van der Waals surface area contributed by atoms with E-state index in [0.717, 1.165) is 18.8 Å². The Morgan fingerprint density at radius 2 is 1.92 bits per heavy atom. The molecule has 4 nitrogen and oxygen atoms in total. The number of amides is 1. The summed E-state index contributed by atoms with van der Waals surface area (Å²) >= 11 is 1.76. The first kappa shape index (κ1) is 18.0. The number of hydrogen-bond acceptors (Lipinski definition) is 4. The van der Waals surface area contributed by atoms with E-state index < -0.39 is 0 Å². The molecule has 1 aliphatic rings. The smallest absolute Gasteiger partial charge is 0.251 e. The maximum Gasteiger partial charge on any atom is 0.251 e. The number of carbonyl (C=O) groups excluding carboxylic acids is 1. The standard InChI is InChI=1S/C20H26N2O2S/c1-15(2)24-17-9-7-16(8-10-17)20(23)21-14-18(19-6-5-13-25-19)22-11-3-4-12-22/h5-10,13,15,18H,3-4,11-12,14H2,1-2H3,(H,21,23). The lowest BCUT2D eigenvalue weighted by Crippen LogP contribution is -2.36. The van der Waals surface area contributed by atoms with Crippen LogP contribution in [0.3, 0.4) is 0 Å². The van der Waals surface area contributed by atoms with Gasteiger partial charge in [0.15, 0.2) is 0 Å². The minimum atomic E-state index is -0.0307. The number of thiophene rings is 1. The van der Waals surface area contributed by atoms with Crippen molar-refractivity contribution in [1.29, 1.82) is 0 Å². The summed E-state index contributed by atoms with van der Waals surface area (Å²) in [7, 11) is 0. The number of ether oxygens (including phenoxy) is 1. The topological polar surface area (TPSA) is 41.6 Å². The van der Waals surface area contributed by atoms with Crippen molar-refractivity contribution in [3.05, 3.63) is 52.2 Å². The van der Waals surface area contributed by atoms with Crippen LogP contribution in [0.25, 0.3) is 0 Å². The van der Waals surface area contributed by atoms with E-state index in [1.807, 2.05) is 38.1 Å². The maximum absolute atomic E-state index is 12.5. The van der Waals surface area contributed by atoms with Gasteiger partial charge in [0.1, 0.15) is 5.75 Å². The number of nitrogens with zero attached hydrogens (tertiary/aromatic N) is 1. The molecule has 5 heteroatoms. The van der Waals surface area contributed by atoms with Gasteiger partial charge in [-0.05, 0) is 75.5 Å². The average molecular weight is 359 g/mol. The van der Waals surface area contributed by atoms with E-state index in [9.17, 15) is 4.79 Å². The Morgan fingerprint density at radius 3 is 2.52 bits per heavy atom.